The highest BCUT2D eigenvalue weighted by Crippen LogP contribution is 2.34. The van der Waals surface area contributed by atoms with Gasteiger partial charge in [-0.3, -0.25) is 0 Å². The van der Waals surface area contributed by atoms with E-state index in [0.29, 0.717) is 17.9 Å². The molecule has 3 rings (SSSR count). The Bertz CT molecular complexity index is 568. The molecular weight excluding hydrogens is 215 g/mol. The maximum atomic E-state index is 13.1. The number of hydrogen-bond donors (Lipinski definition) is 0. The second-order valence-electron chi connectivity index (χ2n) is 3.67. The first-order chi connectivity index (χ1) is 7.24. The molecular formula is C12H8ClFO. The largest absolute Gasteiger partial charge is 0.460 e. The summed E-state index contributed by atoms with van der Waals surface area (Å²) in [6.45, 7) is 0. The lowest BCUT2D eigenvalue weighted by Gasteiger charge is -2.04. The van der Waals surface area contributed by atoms with Crippen molar-refractivity contribution in [1.82, 2.24) is 0 Å². The molecule has 0 radical (unpaired) electrons. The summed E-state index contributed by atoms with van der Waals surface area (Å²) in [4.78, 5) is 0. The van der Waals surface area contributed by atoms with Crippen LogP contribution in [0.1, 0.15) is 17.7 Å². The quantitative estimate of drug-likeness (QED) is 0.646. The van der Waals surface area contributed by atoms with E-state index in [1.165, 1.54) is 0 Å². The minimum absolute atomic E-state index is 0.0832. The molecule has 1 aliphatic carbocycles. The Morgan fingerprint density at radius 3 is 3.00 bits per heavy atom. The van der Waals surface area contributed by atoms with Crippen molar-refractivity contribution in [2.24, 2.45) is 0 Å². The van der Waals surface area contributed by atoms with Crippen LogP contribution in [0.15, 0.2) is 28.4 Å². The topological polar surface area (TPSA) is 13.1 Å². The van der Waals surface area contributed by atoms with E-state index in [1.54, 1.807) is 18.2 Å². The van der Waals surface area contributed by atoms with Gasteiger partial charge in [-0.15, -0.1) is 0 Å². The number of furan rings is 1. The summed E-state index contributed by atoms with van der Waals surface area (Å²) < 4.78 is 18.8. The number of benzene rings is 1. The van der Waals surface area contributed by atoms with Crippen LogP contribution in [0, 0.1) is 0 Å². The van der Waals surface area contributed by atoms with Gasteiger partial charge < -0.3 is 4.42 Å². The zero-order valence-electron chi connectivity index (χ0n) is 7.89. The first-order valence-electron chi connectivity index (χ1n) is 4.81. The zero-order chi connectivity index (χ0) is 10.4. The Morgan fingerprint density at radius 2 is 2.13 bits per heavy atom. The highest BCUT2D eigenvalue weighted by Gasteiger charge is 2.17. The summed E-state index contributed by atoms with van der Waals surface area (Å²) in [5, 5.41) is 1.57. The molecule has 2 aromatic rings. The Morgan fingerprint density at radius 1 is 1.27 bits per heavy atom. The minimum atomic E-state index is -0.0832. The molecule has 15 heavy (non-hydrogen) atoms. The van der Waals surface area contributed by atoms with Gasteiger partial charge in [-0.1, -0.05) is 11.6 Å². The number of aryl methyl sites for hydroxylation is 1. The predicted octanol–water partition coefficient (Wildman–Crippen LogP) is 4.34. The molecule has 1 aliphatic rings. The molecule has 1 aromatic carbocycles. The van der Waals surface area contributed by atoms with Crippen molar-refractivity contribution >= 4 is 28.6 Å². The first-order valence-corrected chi connectivity index (χ1v) is 5.19. The van der Waals surface area contributed by atoms with E-state index in [2.05, 4.69) is 0 Å². The molecule has 0 atom stereocenters. The molecule has 0 amide bonds. The fraction of sp³-hybridized carbons (Fsp3) is 0.167. The second kappa shape index (κ2) is 3.11. The summed E-state index contributed by atoms with van der Waals surface area (Å²) in [7, 11) is 0. The van der Waals surface area contributed by atoms with Crippen molar-refractivity contribution in [2.75, 3.05) is 0 Å². The number of rotatable bonds is 0. The summed E-state index contributed by atoms with van der Waals surface area (Å²) in [5.74, 6) is 0.772. The fourth-order valence-electron chi connectivity index (χ4n) is 1.95. The number of hydrogen-bond acceptors (Lipinski definition) is 1. The van der Waals surface area contributed by atoms with Crippen LogP contribution in [0.25, 0.3) is 17.0 Å². The molecule has 1 nitrogen and oxygen atoms in total. The highest BCUT2D eigenvalue weighted by molar-refractivity contribution is 6.31. The van der Waals surface area contributed by atoms with Crippen LogP contribution in [0.2, 0.25) is 5.02 Å². The molecule has 0 aliphatic heterocycles. The molecule has 0 N–H and O–H groups in total. The molecule has 0 saturated heterocycles. The fourth-order valence-corrected chi connectivity index (χ4v) is 2.11. The first kappa shape index (κ1) is 8.98. The van der Waals surface area contributed by atoms with E-state index in [1.807, 2.05) is 6.07 Å². The maximum Gasteiger partial charge on any atom is 0.136 e. The lowest BCUT2D eigenvalue weighted by Crippen LogP contribution is -1.92. The Labute approximate surface area is 91.1 Å². The van der Waals surface area contributed by atoms with E-state index < -0.39 is 0 Å². The lowest BCUT2D eigenvalue weighted by atomic mass is 10.0. The van der Waals surface area contributed by atoms with E-state index in [4.69, 9.17) is 16.0 Å². The Kier molecular flexibility index (Phi) is 1.86. The molecule has 0 saturated carbocycles. The molecule has 0 spiro atoms. The van der Waals surface area contributed by atoms with Gasteiger partial charge in [0.25, 0.3) is 0 Å². The zero-order valence-corrected chi connectivity index (χ0v) is 8.64. The predicted molar refractivity (Wildman–Crippen MR) is 58.6 cm³/mol. The van der Waals surface area contributed by atoms with Crippen molar-refractivity contribution in [2.45, 2.75) is 12.8 Å². The van der Waals surface area contributed by atoms with Gasteiger partial charge in [-0.05, 0) is 18.2 Å². The van der Waals surface area contributed by atoms with Crippen LogP contribution in [0.4, 0.5) is 4.39 Å². The van der Waals surface area contributed by atoms with Gasteiger partial charge in [0.15, 0.2) is 0 Å². The molecule has 0 unspecified atom stereocenters. The van der Waals surface area contributed by atoms with Gasteiger partial charge in [-0.2, -0.15) is 0 Å². The summed E-state index contributed by atoms with van der Waals surface area (Å²) in [6, 6.07) is 5.43. The van der Waals surface area contributed by atoms with Gasteiger partial charge in [0.05, 0.1) is 0 Å². The van der Waals surface area contributed by atoms with E-state index >= 15 is 0 Å². The second-order valence-corrected chi connectivity index (χ2v) is 4.11. The molecule has 1 heterocycles. The molecule has 1 aromatic heterocycles. The van der Waals surface area contributed by atoms with Gasteiger partial charge in [0.1, 0.15) is 17.2 Å². The average molecular weight is 223 g/mol. The smallest absolute Gasteiger partial charge is 0.136 e. The summed E-state index contributed by atoms with van der Waals surface area (Å²) in [6.07, 6.45) is 2.61. The molecule has 76 valence electrons. The van der Waals surface area contributed by atoms with Crippen LogP contribution in [0.5, 0.6) is 0 Å². The van der Waals surface area contributed by atoms with Crippen LogP contribution < -0.4 is 0 Å². The van der Waals surface area contributed by atoms with Crippen molar-refractivity contribution < 1.29 is 8.81 Å². The van der Waals surface area contributed by atoms with Crippen molar-refractivity contribution in [1.29, 1.82) is 0 Å². The van der Waals surface area contributed by atoms with Crippen LogP contribution >= 0.6 is 11.6 Å². The number of halogens is 2. The molecule has 0 fully saturated rings. The van der Waals surface area contributed by atoms with Crippen LogP contribution in [0.3, 0.4) is 0 Å². The van der Waals surface area contributed by atoms with Gasteiger partial charge >= 0.3 is 0 Å². The minimum Gasteiger partial charge on any atom is -0.460 e. The number of fused-ring (bicyclic) bond motifs is 3. The SMILES string of the molecule is FC1=Cc2c(oc3cc(Cl)ccc23)CC1. The van der Waals surface area contributed by atoms with Crippen molar-refractivity contribution in [3.8, 4) is 0 Å². The molecule has 0 bridgehead atoms. The maximum absolute atomic E-state index is 13.1. The number of allylic oxidation sites excluding steroid dienone is 1. The van der Waals surface area contributed by atoms with E-state index in [-0.39, 0.29) is 5.83 Å². The summed E-state index contributed by atoms with van der Waals surface area (Å²) in [5.41, 5.74) is 1.60. The van der Waals surface area contributed by atoms with Gasteiger partial charge in [0, 0.05) is 34.9 Å². The van der Waals surface area contributed by atoms with Crippen LogP contribution in [-0.2, 0) is 6.42 Å². The Balaban J connectivity index is 2.34. The van der Waals surface area contributed by atoms with Gasteiger partial charge in [-0.25, -0.2) is 4.39 Å². The van der Waals surface area contributed by atoms with E-state index in [9.17, 15) is 4.39 Å². The van der Waals surface area contributed by atoms with Crippen molar-refractivity contribution in [3.63, 3.8) is 0 Å². The monoisotopic (exact) mass is 222 g/mol. The third kappa shape index (κ3) is 1.37. The standard InChI is InChI=1S/C12H8ClFO/c13-7-1-3-9-10-6-8(14)2-4-11(10)15-12(9)5-7/h1,3,5-6H,2,4H2. The van der Waals surface area contributed by atoms with E-state index in [0.717, 1.165) is 22.3 Å². The summed E-state index contributed by atoms with van der Waals surface area (Å²) >= 11 is 5.86. The third-order valence-electron chi connectivity index (χ3n) is 2.66. The van der Waals surface area contributed by atoms with Crippen molar-refractivity contribution in [3.05, 3.63) is 40.4 Å². The average Bonchev–Trinajstić information content (AvgIpc) is 2.54. The van der Waals surface area contributed by atoms with Gasteiger partial charge in [0.2, 0.25) is 0 Å². The third-order valence-corrected chi connectivity index (χ3v) is 2.89. The highest BCUT2D eigenvalue weighted by atomic mass is 35.5. The lowest BCUT2D eigenvalue weighted by molar-refractivity contribution is 0.514. The molecule has 3 heteroatoms. The van der Waals surface area contributed by atoms with Crippen LogP contribution in [-0.4, -0.2) is 0 Å². The normalized spacial score (nSPS) is 15.2. The Hall–Kier alpha value is -1.28.